The van der Waals surface area contributed by atoms with E-state index in [1.807, 2.05) is 0 Å². The summed E-state index contributed by atoms with van der Waals surface area (Å²) >= 11 is 0. The lowest BCUT2D eigenvalue weighted by Gasteiger charge is -2.19. The number of carbonyl (C=O) groups excluding carboxylic acids is 2. The van der Waals surface area contributed by atoms with E-state index in [2.05, 4.69) is 5.32 Å². The molecule has 1 fully saturated rings. The van der Waals surface area contributed by atoms with Gasteiger partial charge in [-0.2, -0.15) is 0 Å². The Morgan fingerprint density at radius 3 is 2.40 bits per heavy atom. The molecule has 0 spiro atoms. The van der Waals surface area contributed by atoms with Crippen molar-refractivity contribution in [2.75, 3.05) is 6.54 Å². The Hall–Kier alpha value is -1.94. The monoisotopic (exact) mass is 271 g/mol. The van der Waals surface area contributed by atoms with Crippen molar-refractivity contribution in [1.82, 2.24) is 5.32 Å². The van der Waals surface area contributed by atoms with Gasteiger partial charge in [-0.25, -0.2) is 0 Å². The first-order chi connectivity index (χ1) is 9.68. The van der Waals surface area contributed by atoms with E-state index in [1.54, 1.807) is 24.3 Å². The van der Waals surface area contributed by atoms with Gasteiger partial charge in [0.05, 0.1) is 5.57 Å². The summed E-state index contributed by atoms with van der Waals surface area (Å²) in [6, 6.07) is 7.08. The molecule has 0 saturated heterocycles. The minimum absolute atomic E-state index is 0.0595. The maximum atomic E-state index is 12.1. The Balaban J connectivity index is 1.88. The molecule has 0 heterocycles. The second-order valence-electron chi connectivity index (χ2n) is 5.39. The number of hydrogen-bond acceptors (Lipinski definition) is 4. The maximum Gasteiger partial charge on any atom is 0.234 e. The lowest BCUT2D eigenvalue weighted by Crippen LogP contribution is -2.34. The number of aliphatic hydroxyl groups excluding tert-OH is 1. The third-order valence-electron chi connectivity index (χ3n) is 4.12. The maximum absolute atomic E-state index is 12.1. The van der Waals surface area contributed by atoms with Crippen molar-refractivity contribution in [3.8, 4) is 0 Å². The third kappa shape index (κ3) is 2.16. The van der Waals surface area contributed by atoms with Crippen LogP contribution in [0.2, 0.25) is 0 Å². The van der Waals surface area contributed by atoms with Crippen LogP contribution in [-0.2, 0) is 4.79 Å². The third-order valence-corrected chi connectivity index (χ3v) is 4.12. The Bertz CT molecular complexity index is 597. The highest BCUT2D eigenvalue weighted by molar-refractivity contribution is 6.52. The molecule has 2 N–H and O–H groups in total. The van der Waals surface area contributed by atoms with E-state index in [-0.39, 0.29) is 17.9 Å². The van der Waals surface area contributed by atoms with Crippen molar-refractivity contribution in [2.45, 2.75) is 31.7 Å². The number of Topliss-reactive ketones (excluding diaryl/α,β-unsaturated/α-hetero) is 2. The first kappa shape index (κ1) is 13.1. The number of ketones is 2. The van der Waals surface area contributed by atoms with Crippen LogP contribution in [0.5, 0.6) is 0 Å². The van der Waals surface area contributed by atoms with E-state index in [0.717, 1.165) is 12.8 Å². The summed E-state index contributed by atoms with van der Waals surface area (Å²) in [7, 11) is 0. The molecule has 104 valence electrons. The topological polar surface area (TPSA) is 66.4 Å². The van der Waals surface area contributed by atoms with Crippen LogP contribution in [0.4, 0.5) is 0 Å². The van der Waals surface area contributed by atoms with Crippen molar-refractivity contribution in [3.63, 3.8) is 0 Å². The van der Waals surface area contributed by atoms with E-state index in [1.165, 1.54) is 12.8 Å². The van der Waals surface area contributed by atoms with Crippen molar-refractivity contribution < 1.29 is 14.7 Å². The van der Waals surface area contributed by atoms with Gasteiger partial charge in [-0.15, -0.1) is 0 Å². The second-order valence-corrected chi connectivity index (χ2v) is 5.39. The molecule has 4 nitrogen and oxygen atoms in total. The Kier molecular flexibility index (Phi) is 3.40. The molecule has 0 radical (unpaired) electrons. The molecule has 0 unspecified atom stereocenters. The molecular weight excluding hydrogens is 254 g/mol. The molecule has 2 aliphatic carbocycles. The predicted octanol–water partition coefficient (Wildman–Crippen LogP) is 2.25. The van der Waals surface area contributed by atoms with Crippen LogP contribution in [0.25, 0.3) is 5.76 Å². The van der Waals surface area contributed by atoms with Crippen LogP contribution in [0, 0.1) is 0 Å². The highest BCUT2D eigenvalue weighted by atomic mass is 16.3. The van der Waals surface area contributed by atoms with Crippen LogP contribution in [0.3, 0.4) is 0 Å². The summed E-state index contributed by atoms with van der Waals surface area (Å²) in [6.45, 7) is 0.259. The van der Waals surface area contributed by atoms with Crippen LogP contribution < -0.4 is 5.32 Å². The standard InChI is InChI=1S/C16H17NO3/c18-14-11-7-3-4-8-12(11)15(19)16(20)13(14)9-17-10-5-1-2-6-10/h3-4,7-8,10,17-18H,1-2,5-6,9H2. The predicted molar refractivity (Wildman–Crippen MR) is 75.6 cm³/mol. The molecule has 3 rings (SSSR count). The van der Waals surface area contributed by atoms with E-state index < -0.39 is 11.6 Å². The van der Waals surface area contributed by atoms with Gasteiger partial charge in [0.1, 0.15) is 5.76 Å². The number of carbonyl (C=O) groups is 2. The molecule has 1 aromatic carbocycles. The van der Waals surface area contributed by atoms with Gasteiger partial charge in [-0.05, 0) is 12.8 Å². The van der Waals surface area contributed by atoms with E-state index >= 15 is 0 Å². The molecule has 20 heavy (non-hydrogen) atoms. The van der Waals surface area contributed by atoms with E-state index in [9.17, 15) is 14.7 Å². The average molecular weight is 271 g/mol. The van der Waals surface area contributed by atoms with Gasteiger partial charge in [0.2, 0.25) is 11.6 Å². The lowest BCUT2D eigenvalue weighted by atomic mass is 9.88. The summed E-state index contributed by atoms with van der Waals surface area (Å²) in [4.78, 5) is 24.1. The van der Waals surface area contributed by atoms with Crippen molar-refractivity contribution in [3.05, 3.63) is 41.0 Å². The number of fused-ring (bicyclic) bond motifs is 1. The highest BCUT2D eigenvalue weighted by Gasteiger charge is 2.32. The van der Waals surface area contributed by atoms with Crippen molar-refractivity contribution in [1.29, 1.82) is 0 Å². The molecule has 1 saturated carbocycles. The zero-order valence-corrected chi connectivity index (χ0v) is 11.2. The molecule has 4 heteroatoms. The summed E-state index contributed by atoms with van der Waals surface area (Å²) in [5, 5.41) is 13.5. The number of aliphatic hydroxyl groups is 1. The van der Waals surface area contributed by atoms with Crippen LogP contribution >= 0.6 is 0 Å². The first-order valence-corrected chi connectivity index (χ1v) is 7.02. The van der Waals surface area contributed by atoms with Crippen LogP contribution in [0.15, 0.2) is 29.8 Å². The molecular formula is C16H17NO3. The molecule has 0 bridgehead atoms. The summed E-state index contributed by atoms with van der Waals surface area (Å²) in [5.74, 6) is -1.18. The minimum atomic E-state index is -0.591. The fraction of sp³-hybridized carbons (Fsp3) is 0.375. The summed E-state index contributed by atoms with van der Waals surface area (Å²) < 4.78 is 0. The molecule has 0 aromatic heterocycles. The fourth-order valence-corrected chi connectivity index (χ4v) is 2.96. The smallest absolute Gasteiger partial charge is 0.234 e. The first-order valence-electron chi connectivity index (χ1n) is 7.02. The average Bonchev–Trinajstić information content (AvgIpc) is 2.98. The number of hydrogen-bond donors (Lipinski definition) is 2. The number of benzene rings is 1. The Morgan fingerprint density at radius 1 is 1.05 bits per heavy atom. The molecule has 0 aliphatic heterocycles. The number of rotatable bonds is 3. The van der Waals surface area contributed by atoms with Crippen LogP contribution in [-0.4, -0.2) is 29.3 Å². The SMILES string of the molecule is O=C1C(=O)c2ccccc2C(O)=C1CNC1CCCC1. The van der Waals surface area contributed by atoms with Gasteiger partial charge in [0, 0.05) is 23.7 Å². The number of nitrogens with one attached hydrogen (secondary N) is 1. The van der Waals surface area contributed by atoms with Gasteiger partial charge in [0.15, 0.2) is 0 Å². The van der Waals surface area contributed by atoms with Gasteiger partial charge in [-0.1, -0.05) is 37.1 Å². The fourth-order valence-electron chi connectivity index (χ4n) is 2.96. The molecule has 2 aliphatic rings. The molecule has 0 atom stereocenters. The zero-order chi connectivity index (χ0) is 14.1. The normalized spacial score (nSPS) is 19.6. The largest absolute Gasteiger partial charge is 0.507 e. The van der Waals surface area contributed by atoms with E-state index in [4.69, 9.17) is 0 Å². The van der Waals surface area contributed by atoms with Crippen molar-refractivity contribution >= 4 is 17.3 Å². The summed E-state index contributed by atoms with van der Waals surface area (Å²) in [6.07, 6.45) is 4.57. The second kappa shape index (κ2) is 5.21. The van der Waals surface area contributed by atoms with Gasteiger partial charge < -0.3 is 10.4 Å². The molecule has 1 aromatic rings. The van der Waals surface area contributed by atoms with Crippen molar-refractivity contribution in [2.24, 2.45) is 0 Å². The lowest BCUT2D eigenvalue weighted by molar-refractivity contribution is -0.112. The van der Waals surface area contributed by atoms with E-state index in [0.29, 0.717) is 17.2 Å². The van der Waals surface area contributed by atoms with Crippen LogP contribution in [0.1, 0.15) is 41.6 Å². The highest BCUT2D eigenvalue weighted by Crippen LogP contribution is 2.27. The van der Waals surface area contributed by atoms with Gasteiger partial charge in [-0.3, -0.25) is 9.59 Å². The van der Waals surface area contributed by atoms with Gasteiger partial charge >= 0.3 is 0 Å². The zero-order valence-electron chi connectivity index (χ0n) is 11.2. The Morgan fingerprint density at radius 2 is 1.70 bits per heavy atom. The minimum Gasteiger partial charge on any atom is -0.507 e. The Labute approximate surface area is 117 Å². The quantitative estimate of drug-likeness (QED) is 0.827. The molecule has 0 amide bonds. The summed E-state index contributed by atoms with van der Waals surface area (Å²) in [5.41, 5.74) is 0.945. The van der Waals surface area contributed by atoms with Gasteiger partial charge in [0.25, 0.3) is 0 Å².